The minimum atomic E-state index is -0.101. The fraction of sp³-hybridized carbons (Fsp3) is 0.500. The monoisotopic (exact) mass is 272 g/mol. The third-order valence-corrected chi connectivity index (χ3v) is 4.21. The van der Waals surface area contributed by atoms with Crippen molar-refractivity contribution in [2.24, 2.45) is 16.4 Å². The van der Waals surface area contributed by atoms with Gasteiger partial charge in [0.05, 0.1) is 24.8 Å². The van der Waals surface area contributed by atoms with Crippen LogP contribution in [0.25, 0.3) is 0 Å². The fourth-order valence-corrected chi connectivity index (χ4v) is 3.28. The van der Waals surface area contributed by atoms with Crippen LogP contribution < -0.4 is 10.2 Å². The van der Waals surface area contributed by atoms with E-state index < -0.39 is 0 Å². The van der Waals surface area contributed by atoms with Crippen LogP contribution in [0.4, 0.5) is 0 Å². The summed E-state index contributed by atoms with van der Waals surface area (Å²) in [4.78, 5) is 12.5. The zero-order chi connectivity index (χ0) is 14.3. The summed E-state index contributed by atoms with van der Waals surface area (Å²) in [5.74, 6) is 1.01. The standard InChI is InChI=1S/C16H20N2O2/c1-16(2)8-12-14(13(19)9-16)15(18-17-12)10-4-6-11(20-3)7-5-10/h4-7,12,14,17H,8-9H2,1-3H3/t12-,14-/m1/s1. The van der Waals surface area contributed by atoms with E-state index in [-0.39, 0.29) is 17.4 Å². The number of ketones is 1. The van der Waals surface area contributed by atoms with Gasteiger partial charge in [0, 0.05) is 6.42 Å². The first-order chi connectivity index (χ1) is 9.50. The average Bonchev–Trinajstić information content (AvgIpc) is 2.81. The number of methoxy groups -OCH3 is 1. The van der Waals surface area contributed by atoms with Crippen LogP contribution in [0.1, 0.15) is 32.3 Å². The van der Waals surface area contributed by atoms with Gasteiger partial charge in [0.25, 0.3) is 0 Å². The molecule has 2 atom stereocenters. The number of nitrogens with one attached hydrogen (secondary N) is 1. The number of hydrogen-bond donors (Lipinski definition) is 1. The lowest BCUT2D eigenvalue weighted by Gasteiger charge is -2.36. The second-order valence-corrected chi connectivity index (χ2v) is 6.45. The minimum Gasteiger partial charge on any atom is -0.497 e. The first kappa shape index (κ1) is 13.2. The van der Waals surface area contributed by atoms with Crippen molar-refractivity contribution in [1.29, 1.82) is 0 Å². The van der Waals surface area contributed by atoms with Crippen molar-refractivity contribution < 1.29 is 9.53 Å². The van der Waals surface area contributed by atoms with Gasteiger partial charge in [0.1, 0.15) is 11.5 Å². The van der Waals surface area contributed by atoms with Gasteiger partial charge in [0.2, 0.25) is 0 Å². The smallest absolute Gasteiger partial charge is 0.144 e. The Morgan fingerprint density at radius 2 is 2.00 bits per heavy atom. The lowest BCUT2D eigenvalue weighted by Crippen LogP contribution is -2.45. The van der Waals surface area contributed by atoms with Crippen LogP contribution in [0.15, 0.2) is 29.4 Å². The molecule has 106 valence electrons. The van der Waals surface area contributed by atoms with E-state index in [1.165, 1.54) is 0 Å². The lowest BCUT2D eigenvalue weighted by atomic mass is 9.68. The van der Waals surface area contributed by atoms with Crippen molar-refractivity contribution in [1.82, 2.24) is 5.43 Å². The number of hydrogen-bond acceptors (Lipinski definition) is 4. The van der Waals surface area contributed by atoms with E-state index in [2.05, 4.69) is 24.4 Å². The summed E-state index contributed by atoms with van der Waals surface area (Å²) in [7, 11) is 1.65. The SMILES string of the molecule is COc1ccc(C2=NN[C@@H]3CC(C)(C)CC(=O)[C@H]23)cc1. The Kier molecular flexibility index (Phi) is 3.04. The van der Waals surface area contributed by atoms with Crippen molar-refractivity contribution >= 4 is 11.5 Å². The first-order valence-electron chi connectivity index (χ1n) is 7.00. The molecule has 1 aliphatic heterocycles. The third kappa shape index (κ3) is 2.19. The molecule has 0 radical (unpaired) electrons. The molecule has 1 N–H and O–H groups in total. The molecule has 2 aliphatic rings. The molecule has 4 heteroatoms. The molecule has 1 aliphatic carbocycles. The Balaban J connectivity index is 1.87. The quantitative estimate of drug-likeness (QED) is 0.899. The third-order valence-electron chi connectivity index (χ3n) is 4.21. The molecule has 1 heterocycles. The molecule has 1 aromatic rings. The normalized spacial score (nSPS) is 27.6. The van der Waals surface area contributed by atoms with Crippen molar-refractivity contribution in [3.8, 4) is 5.75 Å². The first-order valence-corrected chi connectivity index (χ1v) is 7.00. The van der Waals surface area contributed by atoms with E-state index >= 15 is 0 Å². The molecular weight excluding hydrogens is 252 g/mol. The van der Waals surface area contributed by atoms with Gasteiger partial charge in [-0.1, -0.05) is 13.8 Å². The minimum absolute atomic E-state index is 0.0656. The summed E-state index contributed by atoms with van der Waals surface area (Å²) in [6, 6.07) is 7.89. The zero-order valence-electron chi connectivity index (χ0n) is 12.1. The van der Waals surface area contributed by atoms with E-state index in [9.17, 15) is 4.79 Å². The maximum absolute atomic E-state index is 12.5. The molecule has 0 bridgehead atoms. The highest BCUT2D eigenvalue weighted by Gasteiger charge is 2.46. The van der Waals surface area contributed by atoms with Crippen LogP contribution in [0, 0.1) is 11.3 Å². The maximum atomic E-state index is 12.5. The number of rotatable bonds is 2. The van der Waals surface area contributed by atoms with Gasteiger partial charge in [-0.05, 0) is 41.7 Å². The molecule has 1 aromatic carbocycles. The lowest BCUT2D eigenvalue weighted by molar-refractivity contribution is -0.126. The Labute approximate surface area is 119 Å². The van der Waals surface area contributed by atoms with Crippen LogP contribution >= 0.6 is 0 Å². The van der Waals surface area contributed by atoms with Crippen LogP contribution in [-0.4, -0.2) is 24.6 Å². The zero-order valence-corrected chi connectivity index (χ0v) is 12.1. The second-order valence-electron chi connectivity index (χ2n) is 6.45. The highest BCUT2D eigenvalue weighted by Crippen LogP contribution is 2.39. The average molecular weight is 272 g/mol. The van der Waals surface area contributed by atoms with Gasteiger partial charge >= 0.3 is 0 Å². The molecule has 0 saturated heterocycles. The highest BCUT2D eigenvalue weighted by atomic mass is 16.5. The number of benzene rings is 1. The molecular formula is C16H20N2O2. The molecule has 20 heavy (non-hydrogen) atoms. The van der Waals surface area contributed by atoms with E-state index in [1.807, 2.05) is 24.3 Å². The summed E-state index contributed by atoms with van der Waals surface area (Å²) in [5, 5.41) is 4.43. The van der Waals surface area contributed by atoms with Gasteiger partial charge in [-0.3, -0.25) is 4.79 Å². The summed E-state index contributed by atoms with van der Waals surface area (Å²) in [6.07, 6.45) is 1.61. The van der Waals surface area contributed by atoms with Crippen LogP contribution in [0.2, 0.25) is 0 Å². The number of carbonyl (C=O) groups excluding carboxylic acids is 1. The van der Waals surface area contributed by atoms with Crippen molar-refractivity contribution in [2.75, 3.05) is 7.11 Å². The predicted molar refractivity (Wildman–Crippen MR) is 78.0 cm³/mol. The van der Waals surface area contributed by atoms with Crippen molar-refractivity contribution in [3.05, 3.63) is 29.8 Å². The second kappa shape index (κ2) is 4.62. The molecule has 0 amide bonds. The maximum Gasteiger partial charge on any atom is 0.144 e. The predicted octanol–water partition coefficient (Wildman–Crippen LogP) is 2.38. The summed E-state index contributed by atoms with van der Waals surface area (Å²) >= 11 is 0. The largest absolute Gasteiger partial charge is 0.497 e. The Morgan fingerprint density at radius 1 is 1.30 bits per heavy atom. The number of nitrogens with zero attached hydrogens (tertiary/aromatic N) is 1. The van der Waals surface area contributed by atoms with Crippen molar-refractivity contribution in [2.45, 2.75) is 32.7 Å². The van der Waals surface area contributed by atoms with E-state index in [1.54, 1.807) is 7.11 Å². The van der Waals surface area contributed by atoms with Gasteiger partial charge in [-0.15, -0.1) is 0 Å². The van der Waals surface area contributed by atoms with E-state index in [4.69, 9.17) is 4.74 Å². The van der Waals surface area contributed by atoms with Gasteiger partial charge in [0.15, 0.2) is 0 Å². The molecule has 1 saturated carbocycles. The van der Waals surface area contributed by atoms with Gasteiger partial charge < -0.3 is 10.2 Å². The molecule has 0 aromatic heterocycles. The molecule has 3 rings (SSSR count). The fourth-order valence-electron chi connectivity index (χ4n) is 3.28. The molecule has 4 nitrogen and oxygen atoms in total. The summed E-state index contributed by atoms with van der Waals surface area (Å²) < 4.78 is 5.16. The number of carbonyl (C=O) groups is 1. The molecule has 1 fully saturated rings. The van der Waals surface area contributed by atoms with Crippen molar-refractivity contribution in [3.63, 3.8) is 0 Å². The number of fused-ring (bicyclic) bond motifs is 1. The highest BCUT2D eigenvalue weighted by molar-refractivity contribution is 6.15. The topological polar surface area (TPSA) is 50.7 Å². The number of hydrazone groups is 1. The van der Waals surface area contributed by atoms with Crippen LogP contribution in [-0.2, 0) is 4.79 Å². The molecule has 0 unspecified atom stereocenters. The summed E-state index contributed by atoms with van der Waals surface area (Å²) in [6.45, 7) is 4.29. The van der Waals surface area contributed by atoms with Crippen LogP contribution in [0.5, 0.6) is 5.75 Å². The van der Waals surface area contributed by atoms with E-state index in [0.29, 0.717) is 12.2 Å². The number of Topliss-reactive ketones (excluding diaryl/α,β-unsaturated/α-hetero) is 1. The molecule has 0 spiro atoms. The van der Waals surface area contributed by atoms with Gasteiger partial charge in [-0.2, -0.15) is 5.10 Å². The van der Waals surface area contributed by atoms with Crippen LogP contribution in [0.3, 0.4) is 0 Å². The van der Waals surface area contributed by atoms with E-state index in [0.717, 1.165) is 23.4 Å². The Morgan fingerprint density at radius 3 is 2.65 bits per heavy atom. The number of ether oxygens (including phenoxy) is 1. The summed E-state index contributed by atoms with van der Waals surface area (Å²) in [5.41, 5.74) is 5.10. The van der Waals surface area contributed by atoms with Gasteiger partial charge in [-0.25, -0.2) is 0 Å². The Bertz CT molecular complexity index is 560. The Hall–Kier alpha value is -1.84.